The Morgan fingerprint density at radius 3 is 3.11 bits per heavy atom. The number of furan rings is 1. The predicted molar refractivity (Wildman–Crippen MR) is 70.3 cm³/mol. The fraction of sp³-hybridized carbons (Fsp3) is 0.400. The molecular formula is C15H16O4. The zero-order chi connectivity index (χ0) is 13.1. The van der Waals surface area contributed by atoms with Crippen molar-refractivity contribution in [3.8, 4) is 0 Å². The summed E-state index contributed by atoms with van der Waals surface area (Å²) in [5, 5.41) is 0.841. The van der Waals surface area contributed by atoms with E-state index < -0.39 is 0 Å². The molecule has 1 aromatic carbocycles. The van der Waals surface area contributed by atoms with E-state index in [-0.39, 0.29) is 18.5 Å². The first-order valence-electron chi connectivity index (χ1n) is 6.53. The van der Waals surface area contributed by atoms with Crippen LogP contribution in [0.5, 0.6) is 0 Å². The molecule has 1 aliphatic heterocycles. The fourth-order valence-corrected chi connectivity index (χ4v) is 2.33. The summed E-state index contributed by atoms with van der Waals surface area (Å²) in [7, 11) is 0. The van der Waals surface area contributed by atoms with Gasteiger partial charge in [-0.15, -0.1) is 0 Å². The van der Waals surface area contributed by atoms with Gasteiger partial charge in [-0.25, -0.2) is 0 Å². The standard InChI is InChI=1S/C15H16O4/c16-14(10-17-8-11-4-3-7-18-11)13-9-19-15-6-2-1-5-12(13)15/h1-2,5-6,9,11H,3-4,7-8,10H2. The quantitative estimate of drug-likeness (QED) is 0.776. The molecule has 1 atom stereocenters. The summed E-state index contributed by atoms with van der Waals surface area (Å²) in [6.45, 7) is 1.36. The highest BCUT2D eigenvalue weighted by Crippen LogP contribution is 2.21. The molecule has 1 unspecified atom stereocenters. The minimum Gasteiger partial charge on any atom is -0.464 e. The van der Waals surface area contributed by atoms with Crippen molar-refractivity contribution in [1.82, 2.24) is 0 Å². The molecule has 0 N–H and O–H groups in total. The van der Waals surface area contributed by atoms with E-state index in [0.717, 1.165) is 30.4 Å². The summed E-state index contributed by atoms with van der Waals surface area (Å²) in [5.74, 6) is -0.0528. The van der Waals surface area contributed by atoms with Gasteiger partial charge in [-0.3, -0.25) is 4.79 Å². The second-order valence-corrected chi connectivity index (χ2v) is 4.72. The van der Waals surface area contributed by atoms with Gasteiger partial charge in [-0.05, 0) is 18.9 Å². The smallest absolute Gasteiger partial charge is 0.192 e. The third kappa shape index (κ3) is 2.69. The van der Waals surface area contributed by atoms with Crippen molar-refractivity contribution in [1.29, 1.82) is 0 Å². The van der Waals surface area contributed by atoms with Crippen LogP contribution in [0, 0.1) is 0 Å². The Morgan fingerprint density at radius 1 is 1.37 bits per heavy atom. The van der Waals surface area contributed by atoms with Gasteiger partial charge < -0.3 is 13.9 Å². The molecule has 3 rings (SSSR count). The first kappa shape index (κ1) is 12.4. The van der Waals surface area contributed by atoms with E-state index >= 15 is 0 Å². The number of carbonyl (C=O) groups excluding carboxylic acids is 1. The molecule has 1 aliphatic rings. The molecule has 0 aliphatic carbocycles. The van der Waals surface area contributed by atoms with Crippen LogP contribution in [-0.4, -0.2) is 31.7 Å². The Labute approximate surface area is 111 Å². The molecule has 0 saturated carbocycles. The predicted octanol–water partition coefficient (Wildman–Crippen LogP) is 2.81. The van der Waals surface area contributed by atoms with Gasteiger partial charge in [0.2, 0.25) is 0 Å². The van der Waals surface area contributed by atoms with Gasteiger partial charge in [-0.2, -0.15) is 0 Å². The molecule has 1 fully saturated rings. The van der Waals surface area contributed by atoms with Gasteiger partial charge in [0.1, 0.15) is 18.5 Å². The largest absolute Gasteiger partial charge is 0.464 e. The molecule has 0 radical (unpaired) electrons. The number of hydrogen-bond donors (Lipinski definition) is 0. The first-order valence-corrected chi connectivity index (χ1v) is 6.53. The molecular weight excluding hydrogens is 244 g/mol. The number of fused-ring (bicyclic) bond motifs is 1. The van der Waals surface area contributed by atoms with E-state index in [9.17, 15) is 4.79 Å². The van der Waals surface area contributed by atoms with Crippen molar-refractivity contribution in [2.75, 3.05) is 19.8 Å². The molecule has 19 heavy (non-hydrogen) atoms. The third-order valence-corrected chi connectivity index (χ3v) is 3.34. The molecule has 4 nitrogen and oxygen atoms in total. The van der Waals surface area contributed by atoms with Crippen molar-refractivity contribution in [2.24, 2.45) is 0 Å². The summed E-state index contributed by atoms with van der Waals surface area (Å²) in [6, 6.07) is 7.50. The topological polar surface area (TPSA) is 48.7 Å². The Kier molecular flexibility index (Phi) is 3.62. The van der Waals surface area contributed by atoms with Gasteiger partial charge in [0.15, 0.2) is 5.78 Å². The Balaban J connectivity index is 1.60. The Bertz CT molecular complexity index is 566. The highest BCUT2D eigenvalue weighted by atomic mass is 16.5. The van der Waals surface area contributed by atoms with Crippen LogP contribution in [0.25, 0.3) is 11.0 Å². The number of carbonyl (C=O) groups is 1. The normalized spacial score (nSPS) is 19.1. The number of para-hydroxylation sites is 1. The lowest BCUT2D eigenvalue weighted by atomic mass is 10.1. The van der Waals surface area contributed by atoms with Crippen LogP contribution < -0.4 is 0 Å². The number of hydrogen-bond acceptors (Lipinski definition) is 4. The average molecular weight is 260 g/mol. The van der Waals surface area contributed by atoms with Crippen molar-refractivity contribution in [3.63, 3.8) is 0 Å². The molecule has 0 bridgehead atoms. The van der Waals surface area contributed by atoms with Gasteiger partial charge >= 0.3 is 0 Å². The maximum Gasteiger partial charge on any atom is 0.192 e. The van der Waals surface area contributed by atoms with Gasteiger partial charge in [0, 0.05) is 12.0 Å². The molecule has 1 saturated heterocycles. The van der Waals surface area contributed by atoms with E-state index in [1.54, 1.807) is 0 Å². The number of ketones is 1. The molecule has 4 heteroatoms. The van der Waals surface area contributed by atoms with Gasteiger partial charge in [-0.1, -0.05) is 18.2 Å². The van der Waals surface area contributed by atoms with E-state index in [0.29, 0.717) is 12.2 Å². The molecule has 0 amide bonds. The number of Topliss-reactive ketones (excluding diaryl/α,β-unsaturated/α-hetero) is 1. The van der Waals surface area contributed by atoms with E-state index in [1.807, 2.05) is 24.3 Å². The van der Waals surface area contributed by atoms with Crippen molar-refractivity contribution in [3.05, 3.63) is 36.1 Å². The van der Waals surface area contributed by atoms with Crippen molar-refractivity contribution < 1.29 is 18.7 Å². The highest BCUT2D eigenvalue weighted by Gasteiger charge is 2.17. The maximum absolute atomic E-state index is 12.1. The van der Waals surface area contributed by atoms with Crippen molar-refractivity contribution in [2.45, 2.75) is 18.9 Å². The first-order chi connectivity index (χ1) is 9.34. The molecule has 0 spiro atoms. The number of benzene rings is 1. The van der Waals surface area contributed by atoms with Crippen molar-refractivity contribution >= 4 is 16.8 Å². The SMILES string of the molecule is O=C(COCC1CCCO1)c1coc2ccccc12. The minimum absolute atomic E-state index is 0.0528. The van der Waals surface area contributed by atoms with Crippen LogP contribution in [-0.2, 0) is 9.47 Å². The average Bonchev–Trinajstić information content (AvgIpc) is 3.07. The van der Waals surface area contributed by atoms with Crippen LogP contribution in [0.3, 0.4) is 0 Å². The minimum atomic E-state index is -0.0528. The van der Waals surface area contributed by atoms with Crippen LogP contribution in [0.15, 0.2) is 34.9 Å². The van der Waals surface area contributed by atoms with Gasteiger partial charge in [0.25, 0.3) is 0 Å². The Morgan fingerprint density at radius 2 is 2.26 bits per heavy atom. The third-order valence-electron chi connectivity index (χ3n) is 3.34. The summed E-state index contributed by atoms with van der Waals surface area (Å²) < 4.78 is 16.2. The molecule has 2 heterocycles. The van der Waals surface area contributed by atoms with Crippen LogP contribution in [0.4, 0.5) is 0 Å². The van der Waals surface area contributed by atoms with E-state index in [1.165, 1.54) is 6.26 Å². The second-order valence-electron chi connectivity index (χ2n) is 4.72. The number of rotatable bonds is 5. The van der Waals surface area contributed by atoms with Crippen LogP contribution >= 0.6 is 0 Å². The second kappa shape index (κ2) is 5.55. The summed E-state index contributed by atoms with van der Waals surface area (Å²) in [6.07, 6.45) is 3.74. The fourth-order valence-electron chi connectivity index (χ4n) is 2.33. The highest BCUT2D eigenvalue weighted by molar-refractivity contribution is 6.07. The van der Waals surface area contributed by atoms with Gasteiger partial charge in [0.05, 0.1) is 18.3 Å². The summed E-state index contributed by atoms with van der Waals surface area (Å²) in [5.41, 5.74) is 1.31. The van der Waals surface area contributed by atoms with Crippen LogP contribution in [0.2, 0.25) is 0 Å². The maximum atomic E-state index is 12.1. The lowest BCUT2D eigenvalue weighted by molar-refractivity contribution is 0.0190. The Hall–Kier alpha value is -1.65. The molecule has 100 valence electrons. The molecule has 1 aromatic heterocycles. The lowest BCUT2D eigenvalue weighted by Crippen LogP contribution is -2.18. The monoisotopic (exact) mass is 260 g/mol. The lowest BCUT2D eigenvalue weighted by Gasteiger charge is -2.08. The molecule has 2 aromatic rings. The van der Waals surface area contributed by atoms with E-state index in [4.69, 9.17) is 13.9 Å². The zero-order valence-electron chi connectivity index (χ0n) is 10.6. The number of ether oxygens (including phenoxy) is 2. The zero-order valence-corrected chi connectivity index (χ0v) is 10.6. The summed E-state index contributed by atoms with van der Waals surface area (Å²) in [4.78, 5) is 12.1. The van der Waals surface area contributed by atoms with E-state index in [2.05, 4.69) is 0 Å². The van der Waals surface area contributed by atoms with Crippen LogP contribution in [0.1, 0.15) is 23.2 Å². The summed E-state index contributed by atoms with van der Waals surface area (Å²) >= 11 is 0.